The van der Waals surface area contributed by atoms with Crippen LogP contribution in [0, 0.1) is 0 Å². The third kappa shape index (κ3) is 3.78. The van der Waals surface area contributed by atoms with E-state index in [0.717, 1.165) is 40.4 Å². The highest BCUT2D eigenvalue weighted by molar-refractivity contribution is 8.13. The van der Waals surface area contributed by atoms with Gasteiger partial charge < -0.3 is 15.2 Å². The fourth-order valence-corrected chi connectivity index (χ4v) is 4.21. The van der Waals surface area contributed by atoms with E-state index in [9.17, 15) is 9.59 Å². The Labute approximate surface area is 168 Å². The number of carbonyl (C=O) groups excluding carboxylic acids is 2. The summed E-state index contributed by atoms with van der Waals surface area (Å²) >= 11 is 1.16. The fraction of sp³-hybridized carbons (Fsp3) is 0.273. The number of nitrogens with one attached hydrogen (secondary N) is 2. The predicted molar refractivity (Wildman–Crippen MR) is 114 cm³/mol. The van der Waals surface area contributed by atoms with Crippen LogP contribution in [0.3, 0.4) is 0 Å². The lowest BCUT2D eigenvalue weighted by atomic mass is 9.95. The number of thioether (sulfide) groups is 1. The maximum atomic E-state index is 12.7. The first-order valence-electron chi connectivity index (χ1n) is 9.45. The number of carbonyl (C=O) groups is 2. The van der Waals surface area contributed by atoms with Gasteiger partial charge in [-0.25, -0.2) is 0 Å². The van der Waals surface area contributed by atoms with Crippen LogP contribution in [0.25, 0.3) is 10.9 Å². The third-order valence-corrected chi connectivity index (χ3v) is 6.09. The van der Waals surface area contributed by atoms with Gasteiger partial charge in [-0.2, -0.15) is 0 Å². The maximum absolute atomic E-state index is 12.7. The number of H-pyrrole nitrogens is 1. The monoisotopic (exact) mass is 393 g/mol. The van der Waals surface area contributed by atoms with Gasteiger partial charge in [-0.3, -0.25) is 9.59 Å². The average Bonchev–Trinajstić information content (AvgIpc) is 3.07. The standard InChI is InChI=1S/C22H23N3O2S/c1-25(2)22(27)28-16-10-8-15(9-11-16)23-21(26)14-7-12-20-18(13-14)17-5-3-4-6-19(17)24-20/h7-13,24H,3-6H2,1-2H3,(H,23,26). The van der Waals surface area contributed by atoms with Crippen LogP contribution in [-0.2, 0) is 12.8 Å². The lowest BCUT2D eigenvalue weighted by Gasteiger charge is -2.11. The summed E-state index contributed by atoms with van der Waals surface area (Å²) in [5.74, 6) is -0.127. The molecule has 3 aromatic rings. The van der Waals surface area contributed by atoms with E-state index < -0.39 is 0 Å². The van der Waals surface area contributed by atoms with Gasteiger partial charge in [0.1, 0.15) is 0 Å². The molecular weight excluding hydrogens is 370 g/mol. The van der Waals surface area contributed by atoms with Crippen LogP contribution in [0.4, 0.5) is 10.5 Å². The number of aromatic nitrogens is 1. The topological polar surface area (TPSA) is 65.2 Å². The second-order valence-electron chi connectivity index (χ2n) is 7.29. The van der Waals surface area contributed by atoms with E-state index in [2.05, 4.69) is 10.3 Å². The smallest absolute Gasteiger partial charge is 0.285 e. The van der Waals surface area contributed by atoms with Crippen LogP contribution in [0.15, 0.2) is 47.4 Å². The molecule has 2 aromatic carbocycles. The quantitative estimate of drug-likeness (QED) is 0.611. The highest BCUT2D eigenvalue weighted by atomic mass is 32.2. The number of aryl methyl sites for hydroxylation is 2. The molecule has 0 spiro atoms. The number of hydrogen-bond donors (Lipinski definition) is 2. The number of nitrogens with zero attached hydrogens (tertiary/aromatic N) is 1. The molecule has 0 unspecified atom stereocenters. The first kappa shape index (κ1) is 18.6. The van der Waals surface area contributed by atoms with Gasteiger partial charge in [0, 0.05) is 46.8 Å². The van der Waals surface area contributed by atoms with Gasteiger partial charge in [-0.05, 0) is 85.5 Å². The third-order valence-electron chi connectivity index (χ3n) is 5.04. The summed E-state index contributed by atoms with van der Waals surface area (Å²) in [6, 6.07) is 13.2. The summed E-state index contributed by atoms with van der Waals surface area (Å²) in [7, 11) is 3.45. The fourth-order valence-electron chi connectivity index (χ4n) is 3.55. The second-order valence-corrected chi connectivity index (χ2v) is 8.32. The van der Waals surface area contributed by atoms with Gasteiger partial charge in [-0.15, -0.1) is 0 Å². The van der Waals surface area contributed by atoms with Crippen molar-refractivity contribution in [1.82, 2.24) is 9.88 Å². The van der Waals surface area contributed by atoms with E-state index in [4.69, 9.17) is 0 Å². The van der Waals surface area contributed by atoms with Crippen molar-refractivity contribution in [2.75, 3.05) is 19.4 Å². The molecule has 0 radical (unpaired) electrons. The van der Waals surface area contributed by atoms with Crippen LogP contribution in [0.2, 0.25) is 0 Å². The Morgan fingerprint density at radius 2 is 1.79 bits per heavy atom. The Hall–Kier alpha value is -2.73. The SMILES string of the molecule is CN(C)C(=O)Sc1ccc(NC(=O)c2ccc3[nH]c4c(c3c2)CCCC4)cc1. The lowest BCUT2D eigenvalue weighted by molar-refractivity contribution is 0.102. The summed E-state index contributed by atoms with van der Waals surface area (Å²) in [4.78, 5) is 30.4. The second kappa shape index (κ2) is 7.72. The normalized spacial score (nSPS) is 13.2. The highest BCUT2D eigenvalue weighted by Gasteiger charge is 2.17. The van der Waals surface area contributed by atoms with Crippen LogP contribution in [0.1, 0.15) is 34.5 Å². The number of fused-ring (bicyclic) bond motifs is 3. The summed E-state index contributed by atoms with van der Waals surface area (Å²) in [6.45, 7) is 0. The van der Waals surface area contributed by atoms with Gasteiger partial charge in [0.15, 0.2) is 0 Å². The molecule has 0 atom stereocenters. The molecule has 1 aliphatic carbocycles. The summed E-state index contributed by atoms with van der Waals surface area (Å²) in [5, 5.41) is 4.08. The Morgan fingerprint density at radius 3 is 2.54 bits per heavy atom. The van der Waals surface area contributed by atoms with Crippen molar-refractivity contribution in [1.29, 1.82) is 0 Å². The number of hydrogen-bond acceptors (Lipinski definition) is 3. The van der Waals surface area contributed by atoms with Crippen molar-refractivity contribution in [3.05, 3.63) is 59.3 Å². The van der Waals surface area contributed by atoms with Gasteiger partial charge in [0.25, 0.3) is 11.1 Å². The number of amides is 2. The van der Waals surface area contributed by atoms with E-state index in [1.165, 1.54) is 29.0 Å². The Balaban J connectivity index is 1.49. The van der Waals surface area contributed by atoms with Crippen molar-refractivity contribution in [2.45, 2.75) is 30.6 Å². The summed E-state index contributed by atoms with van der Waals surface area (Å²) in [6.07, 6.45) is 4.59. The van der Waals surface area contributed by atoms with Crippen LogP contribution >= 0.6 is 11.8 Å². The molecule has 1 aromatic heterocycles. The van der Waals surface area contributed by atoms with E-state index in [0.29, 0.717) is 11.3 Å². The molecule has 0 bridgehead atoms. The number of benzene rings is 2. The minimum Gasteiger partial charge on any atom is -0.358 e. The molecule has 0 saturated carbocycles. The zero-order chi connectivity index (χ0) is 19.7. The molecule has 2 amide bonds. The minimum atomic E-state index is -0.127. The first-order valence-corrected chi connectivity index (χ1v) is 10.3. The molecule has 1 heterocycles. The molecule has 6 heteroatoms. The Kier molecular flexibility index (Phi) is 5.13. The highest BCUT2D eigenvalue weighted by Crippen LogP contribution is 2.30. The summed E-state index contributed by atoms with van der Waals surface area (Å²) in [5.41, 5.74) is 5.15. The molecule has 28 heavy (non-hydrogen) atoms. The minimum absolute atomic E-state index is 0.0278. The average molecular weight is 394 g/mol. The number of aromatic amines is 1. The van der Waals surface area contributed by atoms with Crippen molar-refractivity contribution in [3.8, 4) is 0 Å². The summed E-state index contributed by atoms with van der Waals surface area (Å²) < 4.78 is 0. The molecule has 2 N–H and O–H groups in total. The molecule has 144 valence electrons. The number of anilines is 1. The van der Waals surface area contributed by atoms with Gasteiger partial charge in [-0.1, -0.05) is 0 Å². The maximum Gasteiger partial charge on any atom is 0.285 e. The van der Waals surface area contributed by atoms with Crippen molar-refractivity contribution < 1.29 is 9.59 Å². The largest absolute Gasteiger partial charge is 0.358 e. The van der Waals surface area contributed by atoms with Crippen LogP contribution in [0.5, 0.6) is 0 Å². The van der Waals surface area contributed by atoms with Gasteiger partial charge in [0.05, 0.1) is 0 Å². The van der Waals surface area contributed by atoms with E-state index in [1.54, 1.807) is 14.1 Å². The zero-order valence-electron chi connectivity index (χ0n) is 16.0. The van der Waals surface area contributed by atoms with Gasteiger partial charge >= 0.3 is 0 Å². The Bertz CT molecular complexity index is 1040. The van der Waals surface area contributed by atoms with Crippen LogP contribution < -0.4 is 5.32 Å². The molecular formula is C22H23N3O2S. The van der Waals surface area contributed by atoms with Crippen molar-refractivity contribution in [3.63, 3.8) is 0 Å². The number of rotatable bonds is 3. The van der Waals surface area contributed by atoms with Crippen LogP contribution in [-0.4, -0.2) is 35.1 Å². The first-order chi connectivity index (χ1) is 13.5. The van der Waals surface area contributed by atoms with Gasteiger partial charge in [0.2, 0.25) is 0 Å². The molecule has 0 fully saturated rings. The van der Waals surface area contributed by atoms with E-state index >= 15 is 0 Å². The molecule has 0 saturated heterocycles. The zero-order valence-corrected chi connectivity index (χ0v) is 16.9. The lowest BCUT2D eigenvalue weighted by Crippen LogP contribution is -2.16. The molecule has 5 nitrogen and oxygen atoms in total. The molecule has 0 aliphatic heterocycles. The van der Waals surface area contributed by atoms with Crippen molar-refractivity contribution in [2.24, 2.45) is 0 Å². The predicted octanol–water partition coefficient (Wildman–Crippen LogP) is 5.07. The molecule has 1 aliphatic rings. The van der Waals surface area contributed by atoms with E-state index in [1.807, 2.05) is 42.5 Å². The Morgan fingerprint density at radius 1 is 1.04 bits per heavy atom. The molecule has 4 rings (SSSR count). The van der Waals surface area contributed by atoms with Crippen molar-refractivity contribution >= 4 is 39.5 Å². The van der Waals surface area contributed by atoms with E-state index in [-0.39, 0.29) is 11.1 Å².